The van der Waals surface area contributed by atoms with Crippen LogP contribution in [0, 0.1) is 16.0 Å². The molecule has 23 heavy (non-hydrogen) atoms. The zero-order valence-corrected chi connectivity index (χ0v) is 12.9. The van der Waals surface area contributed by atoms with E-state index in [2.05, 4.69) is 5.10 Å². The molecular formula is C16H17N3O4. The molecule has 0 spiro atoms. The second-order valence-electron chi connectivity index (χ2n) is 5.82. The highest BCUT2D eigenvalue weighted by molar-refractivity contribution is 5.77. The quantitative estimate of drug-likeness (QED) is 0.481. The standard InChI is InChI=1S/C16H17N3O4/c1-10(11-3-5-13(6-4-11)19(21)22)23-16(20)15-7-14(15)12-8-17-18(2)9-12/h3-6,8-10,14-15H,7H2,1-2H3. The van der Waals surface area contributed by atoms with Gasteiger partial charge in [0.2, 0.25) is 0 Å². The van der Waals surface area contributed by atoms with E-state index < -0.39 is 11.0 Å². The van der Waals surface area contributed by atoms with Crippen LogP contribution in [0.15, 0.2) is 36.7 Å². The van der Waals surface area contributed by atoms with Gasteiger partial charge in [-0.25, -0.2) is 0 Å². The first-order valence-corrected chi connectivity index (χ1v) is 7.39. The van der Waals surface area contributed by atoms with Crippen molar-refractivity contribution in [1.29, 1.82) is 0 Å². The molecule has 1 saturated carbocycles. The number of esters is 1. The molecule has 0 N–H and O–H groups in total. The third kappa shape index (κ3) is 3.23. The first-order chi connectivity index (χ1) is 11.0. The summed E-state index contributed by atoms with van der Waals surface area (Å²) in [6, 6.07) is 6.05. The van der Waals surface area contributed by atoms with Crippen LogP contribution in [-0.4, -0.2) is 20.7 Å². The lowest BCUT2D eigenvalue weighted by molar-refractivity contribution is -0.384. The molecule has 0 radical (unpaired) electrons. The number of carbonyl (C=O) groups excluding carboxylic acids is 1. The number of aromatic nitrogens is 2. The molecule has 0 saturated heterocycles. The summed E-state index contributed by atoms with van der Waals surface area (Å²) in [5.74, 6) is -0.176. The van der Waals surface area contributed by atoms with Crippen LogP contribution in [0.2, 0.25) is 0 Å². The van der Waals surface area contributed by atoms with Crippen molar-refractivity contribution < 1.29 is 14.5 Å². The van der Waals surface area contributed by atoms with Gasteiger partial charge in [0.1, 0.15) is 6.10 Å². The van der Waals surface area contributed by atoms with E-state index in [1.54, 1.807) is 29.9 Å². The normalized spacial score (nSPS) is 20.8. The van der Waals surface area contributed by atoms with Crippen LogP contribution >= 0.6 is 0 Å². The van der Waals surface area contributed by atoms with Crippen molar-refractivity contribution >= 4 is 11.7 Å². The average molecular weight is 315 g/mol. The molecule has 3 rings (SSSR count). The first-order valence-electron chi connectivity index (χ1n) is 7.39. The SMILES string of the molecule is CC(OC(=O)C1CC1c1cnn(C)c1)c1ccc([N+](=O)[O-])cc1. The Kier molecular flexibility index (Phi) is 3.85. The lowest BCUT2D eigenvalue weighted by Gasteiger charge is -2.13. The van der Waals surface area contributed by atoms with Crippen LogP contribution < -0.4 is 0 Å². The Morgan fingerprint density at radius 3 is 2.70 bits per heavy atom. The van der Waals surface area contributed by atoms with Crippen LogP contribution in [0.5, 0.6) is 0 Å². The summed E-state index contributed by atoms with van der Waals surface area (Å²) in [6.07, 6.45) is 4.03. The number of benzene rings is 1. The van der Waals surface area contributed by atoms with E-state index in [4.69, 9.17) is 4.74 Å². The fourth-order valence-corrected chi connectivity index (χ4v) is 2.65. The summed E-state index contributed by atoms with van der Waals surface area (Å²) in [6.45, 7) is 1.76. The third-order valence-electron chi connectivity index (χ3n) is 4.11. The number of hydrogen-bond acceptors (Lipinski definition) is 5. The fraction of sp³-hybridized carbons (Fsp3) is 0.375. The molecule has 2 aromatic rings. The Labute approximate surface area is 133 Å². The molecule has 3 atom stereocenters. The van der Waals surface area contributed by atoms with Gasteiger partial charge in [0.05, 0.1) is 17.0 Å². The van der Waals surface area contributed by atoms with E-state index in [-0.39, 0.29) is 23.5 Å². The van der Waals surface area contributed by atoms with Crippen molar-refractivity contribution in [3.63, 3.8) is 0 Å². The predicted octanol–water partition coefficient (Wildman–Crippen LogP) is 2.74. The van der Waals surface area contributed by atoms with Gasteiger partial charge in [0.25, 0.3) is 5.69 Å². The van der Waals surface area contributed by atoms with Crippen molar-refractivity contribution in [1.82, 2.24) is 9.78 Å². The lowest BCUT2D eigenvalue weighted by Crippen LogP contribution is -2.11. The number of hydrogen-bond donors (Lipinski definition) is 0. The van der Waals surface area contributed by atoms with Gasteiger partial charge in [0.15, 0.2) is 0 Å². The first kappa shape index (κ1) is 15.2. The average Bonchev–Trinajstić information content (AvgIpc) is 3.22. The molecule has 7 nitrogen and oxygen atoms in total. The predicted molar refractivity (Wildman–Crippen MR) is 81.7 cm³/mol. The van der Waals surface area contributed by atoms with Gasteiger partial charge in [-0.15, -0.1) is 0 Å². The third-order valence-corrected chi connectivity index (χ3v) is 4.11. The highest BCUT2D eigenvalue weighted by Gasteiger charge is 2.46. The van der Waals surface area contributed by atoms with Gasteiger partial charge >= 0.3 is 5.97 Å². The maximum atomic E-state index is 12.2. The Morgan fingerprint density at radius 2 is 2.13 bits per heavy atom. The zero-order valence-electron chi connectivity index (χ0n) is 12.9. The Bertz CT molecular complexity index is 738. The van der Waals surface area contributed by atoms with Gasteiger partial charge in [-0.2, -0.15) is 5.10 Å². The molecule has 120 valence electrons. The maximum Gasteiger partial charge on any atom is 0.310 e. The topological polar surface area (TPSA) is 87.3 Å². The second-order valence-corrected chi connectivity index (χ2v) is 5.82. The molecule has 0 bridgehead atoms. The van der Waals surface area contributed by atoms with E-state index >= 15 is 0 Å². The van der Waals surface area contributed by atoms with Gasteiger partial charge in [-0.05, 0) is 36.6 Å². The molecule has 1 fully saturated rings. The number of carbonyl (C=O) groups is 1. The Balaban J connectivity index is 1.59. The van der Waals surface area contributed by atoms with Crippen molar-refractivity contribution in [3.05, 3.63) is 57.9 Å². The largest absolute Gasteiger partial charge is 0.458 e. The van der Waals surface area contributed by atoms with Crippen LogP contribution in [0.4, 0.5) is 5.69 Å². The molecular weight excluding hydrogens is 298 g/mol. The number of nitro groups is 1. The van der Waals surface area contributed by atoms with Crippen molar-refractivity contribution in [3.8, 4) is 0 Å². The van der Waals surface area contributed by atoms with Gasteiger partial charge < -0.3 is 4.74 Å². The maximum absolute atomic E-state index is 12.2. The summed E-state index contributed by atoms with van der Waals surface area (Å²) >= 11 is 0. The van der Waals surface area contributed by atoms with Gasteiger partial charge in [-0.3, -0.25) is 19.6 Å². The summed E-state index contributed by atoms with van der Waals surface area (Å²) in [5, 5.41) is 14.8. The molecule has 3 unspecified atom stereocenters. The van der Waals surface area contributed by atoms with Crippen LogP contribution in [0.3, 0.4) is 0 Å². The van der Waals surface area contributed by atoms with Gasteiger partial charge in [0, 0.05) is 31.3 Å². The fourth-order valence-electron chi connectivity index (χ4n) is 2.65. The lowest BCUT2D eigenvalue weighted by atomic mass is 10.1. The van der Waals surface area contributed by atoms with Crippen molar-refractivity contribution in [2.75, 3.05) is 0 Å². The molecule has 1 aromatic heterocycles. The minimum atomic E-state index is -0.455. The molecule has 1 aliphatic carbocycles. The number of nitro benzene ring substituents is 1. The second kappa shape index (κ2) is 5.83. The summed E-state index contributed by atoms with van der Waals surface area (Å²) in [5.41, 5.74) is 1.81. The van der Waals surface area contributed by atoms with E-state index in [9.17, 15) is 14.9 Å². The summed E-state index contributed by atoms with van der Waals surface area (Å²) in [4.78, 5) is 22.4. The number of non-ortho nitro benzene ring substituents is 1. The number of ether oxygens (including phenoxy) is 1. The van der Waals surface area contributed by atoms with E-state index in [1.165, 1.54) is 12.1 Å². The van der Waals surface area contributed by atoms with Crippen LogP contribution in [-0.2, 0) is 16.6 Å². The molecule has 1 heterocycles. The molecule has 7 heteroatoms. The number of aryl methyl sites for hydroxylation is 1. The number of rotatable bonds is 5. The van der Waals surface area contributed by atoms with Crippen molar-refractivity contribution in [2.45, 2.75) is 25.4 Å². The Morgan fingerprint density at radius 1 is 1.43 bits per heavy atom. The monoisotopic (exact) mass is 315 g/mol. The molecule has 1 aromatic carbocycles. The highest BCUT2D eigenvalue weighted by atomic mass is 16.6. The highest BCUT2D eigenvalue weighted by Crippen LogP contribution is 2.48. The van der Waals surface area contributed by atoms with E-state index in [0.29, 0.717) is 0 Å². The van der Waals surface area contributed by atoms with Crippen molar-refractivity contribution in [2.24, 2.45) is 13.0 Å². The van der Waals surface area contributed by atoms with E-state index in [1.807, 2.05) is 13.2 Å². The number of nitrogens with zero attached hydrogens (tertiary/aromatic N) is 3. The van der Waals surface area contributed by atoms with E-state index in [0.717, 1.165) is 17.5 Å². The molecule has 0 amide bonds. The van der Waals surface area contributed by atoms with Crippen LogP contribution in [0.25, 0.3) is 0 Å². The Hall–Kier alpha value is -2.70. The summed E-state index contributed by atoms with van der Waals surface area (Å²) < 4.78 is 7.20. The minimum absolute atomic E-state index is 0.0195. The molecule has 0 aliphatic heterocycles. The van der Waals surface area contributed by atoms with Crippen LogP contribution in [0.1, 0.15) is 36.5 Å². The smallest absolute Gasteiger partial charge is 0.310 e. The van der Waals surface area contributed by atoms with Gasteiger partial charge in [-0.1, -0.05) is 0 Å². The zero-order chi connectivity index (χ0) is 16.6. The summed E-state index contributed by atoms with van der Waals surface area (Å²) in [7, 11) is 1.84. The molecule has 1 aliphatic rings. The minimum Gasteiger partial charge on any atom is -0.458 e.